The quantitative estimate of drug-likeness (QED) is 0.449. The first-order valence-electron chi connectivity index (χ1n) is 3.53. The van der Waals surface area contributed by atoms with E-state index in [0.717, 1.165) is 13.2 Å². The standard InChI is InChI=1S/C8H13NO/c1-4-8-7(2)9(3)5-6-10-8/h1,7-8H,5-6H2,2-3H3/t7-,8-/m1/s1. The fraction of sp³-hybridized carbons (Fsp3) is 0.750. The van der Waals surface area contributed by atoms with E-state index in [-0.39, 0.29) is 6.10 Å². The van der Waals surface area contributed by atoms with E-state index in [1.165, 1.54) is 0 Å². The van der Waals surface area contributed by atoms with Gasteiger partial charge in [0.15, 0.2) is 0 Å². The average molecular weight is 139 g/mol. The SMILES string of the molecule is C#C[C@H]1OCCN(C)[C@@H]1C. The number of likely N-dealkylation sites (N-methyl/N-ethyl adjacent to an activating group) is 1. The first-order chi connectivity index (χ1) is 4.75. The Kier molecular flexibility index (Phi) is 2.31. The molecule has 1 fully saturated rings. The zero-order chi connectivity index (χ0) is 7.56. The first kappa shape index (κ1) is 7.59. The van der Waals surface area contributed by atoms with Crippen LogP contribution in [0.3, 0.4) is 0 Å². The summed E-state index contributed by atoms with van der Waals surface area (Å²) in [4.78, 5) is 2.22. The van der Waals surface area contributed by atoms with E-state index in [9.17, 15) is 0 Å². The van der Waals surface area contributed by atoms with E-state index < -0.39 is 0 Å². The summed E-state index contributed by atoms with van der Waals surface area (Å²) in [7, 11) is 2.07. The zero-order valence-corrected chi connectivity index (χ0v) is 6.50. The number of morpholine rings is 1. The summed E-state index contributed by atoms with van der Waals surface area (Å²) in [6.07, 6.45) is 5.24. The fourth-order valence-electron chi connectivity index (χ4n) is 1.09. The molecule has 0 N–H and O–H groups in total. The molecule has 0 aromatic carbocycles. The molecule has 1 aliphatic heterocycles. The monoisotopic (exact) mass is 139 g/mol. The van der Waals surface area contributed by atoms with E-state index >= 15 is 0 Å². The Morgan fingerprint density at radius 3 is 2.90 bits per heavy atom. The van der Waals surface area contributed by atoms with Gasteiger partial charge in [-0.05, 0) is 14.0 Å². The summed E-state index contributed by atoms with van der Waals surface area (Å²) in [5, 5.41) is 0. The normalized spacial score (nSPS) is 35.3. The molecule has 1 rings (SSSR count). The van der Waals surface area contributed by atoms with Crippen molar-refractivity contribution in [2.24, 2.45) is 0 Å². The lowest BCUT2D eigenvalue weighted by Crippen LogP contribution is -2.46. The third-order valence-corrected chi connectivity index (χ3v) is 2.04. The molecule has 0 bridgehead atoms. The maximum absolute atomic E-state index is 5.33. The Labute approximate surface area is 62.2 Å². The Hall–Kier alpha value is -0.520. The Bertz CT molecular complexity index is 150. The highest BCUT2D eigenvalue weighted by molar-refractivity contribution is 5.01. The minimum absolute atomic E-state index is 0.0150. The van der Waals surface area contributed by atoms with Gasteiger partial charge in [0.25, 0.3) is 0 Å². The van der Waals surface area contributed by atoms with Crippen LogP contribution in [0.25, 0.3) is 0 Å². The van der Waals surface area contributed by atoms with E-state index in [1.54, 1.807) is 0 Å². The van der Waals surface area contributed by atoms with Crippen LogP contribution in [0.4, 0.5) is 0 Å². The number of hydrogen-bond acceptors (Lipinski definition) is 2. The van der Waals surface area contributed by atoms with Gasteiger partial charge in [-0.2, -0.15) is 0 Å². The second kappa shape index (κ2) is 3.05. The third kappa shape index (κ3) is 1.31. The maximum Gasteiger partial charge on any atom is 0.133 e. The van der Waals surface area contributed by atoms with Crippen molar-refractivity contribution in [2.45, 2.75) is 19.1 Å². The highest BCUT2D eigenvalue weighted by Crippen LogP contribution is 2.09. The molecule has 10 heavy (non-hydrogen) atoms. The highest BCUT2D eigenvalue weighted by atomic mass is 16.5. The van der Waals surface area contributed by atoms with Gasteiger partial charge in [-0.1, -0.05) is 5.92 Å². The molecule has 0 unspecified atom stereocenters. The number of ether oxygens (including phenoxy) is 1. The minimum Gasteiger partial charge on any atom is -0.363 e. The molecule has 1 aliphatic rings. The van der Waals surface area contributed by atoms with Gasteiger partial charge >= 0.3 is 0 Å². The van der Waals surface area contributed by atoms with Gasteiger partial charge in [-0.15, -0.1) is 6.42 Å². The van der Waals surface area contributed by atoms with Crippen LogP contribution in [0, 0.1) is 12.3 Å². The van der Waals surface area contributed by atoms with Crippen molar-refractivity contribution >= 4 is 0 Å². The van der Waals surface area contributed by atoms with Crippen LogP contribution in [0.5, 0.6) is 0 Å². The van der Waals surface area contributed by atoms with Gasteiger partial charge in [-0.25, -0.2) is 0 Å². The van der Waals surface area contributed by atoms with Gasteiger partial charge in [0.05, 0.1) is 6.61 Å². The molecule has 0 spiro atoms. The molecule has 0 radical (unpaired) electrons. The average Bonchev–Trinajstić information content (AvgIpc) is 1.95. The summed E-state index contributed by atoms with van der Waals surface area (Å²) in [6, 6.07) is 0.360. The molecule has 2 heteroatoms. The molecule has 1 heterocycles. The van der Waals surface area contributed by atoms with Gasteiger partial charge in [0.1, 0.15) is 6.10 Å². The second-order valence-corrected chi connectivity index (χ2v) is 2.68. The van der Waals surface area contributed by atoms with Gasteiger partial charge < -0.3 is 4.74 Å². The summed E-state index contributed by atoms with van der Waals surface area (Å²) in [5.74, 6) is 2.62. The van der Waals surface area contributed by atoms with Crippen LogP contribution in [0.2, 0.25) is 0 Å². The van der Waals surface area contributed by atoms with Crippen LogP contribution in [0.15, 0.2) is 0 Å². The first-order valence-corrected chi connectivity index (χ1v) is 3.53. The lowest BCUT2D eigenvalue weighted by molar-refractivity contribution is -0.0246. The van der Waals surface area contributed by atoms with E-state index in [1.807, 2.05) is 0 Å². The van der Waals surface area contributed by atoms with Crippen molar-refractivity contribution in [2.75, 3.05) is 20.2 Å². The lowest BCUT2D eigenvalue weighted by atomic mass is 10.1. The molecule has 0 saturated carbocycles. The van der Waals surface area contributed by atoms with Crippen molar-refractivity contribution in [1.29, 1.82) is 0 Å². The van der Waals surface area contributed by atoms with Gasteiger partial charge in [-0.3, -0.25) is 4.90 Å². The van der Waals surface area contributed by atoms with Crippen LogP contribution < -0.4 is 0 Å². The van der Waals surface area contributed by atoms with Crippen molar-refractivity contribution in [3.63, 3.8) is 0 Å². The van der Waals surface area contributed by atoms with Crippen molar-refractivity contribution in [3.05, 3.63) is 0 Å². The summed E-state index contributed by atoms with van der Waals surface area (Å²) >= 11 is 0. The Morgan fingerprint density at radius 2 is 2.40 bits per heavy atom. The summed E-state index contributed by atoms with van der Waals surface area (Å²) in [5.41, 5.74) is 0. The zero-order valence-electron chi connectivity index (χ0n) is 6.50. The van der Waals surface area contributed by atoms with E-state index in [2.05, 4.69) is 24.8 Å². The van der Waals surface area contributed by atoms with E-state index in [4.69, 9.17) is 11.2 Å². The molecule has 0 amide bonds. The lowest BCUT2D eigenvalue weighted by Gasteiger charge is -2.33. The number of rotatable bonds is 0. The van der Waals surface area contributed by atoms with Gasteiger partial charge in [0.2, 0.25) is 0 Å². The predicted molar refractivity (Wildman–Crippen MR) is 40.7 cm³/mol. The molecule has 0 aromatic rings. The third-order valence-electron chi connectivity index (χ3n) is 2.04. The Balaban J connectivity index is 2.53. The minimum atomic E-state index is -0.0150. The number of terminal acetylenes is 1. The van der Waals surface area contributed by atoms with Crippen molar-refractivity contribution < 1.29 is 4.74 Å². The number of nitrogens with zero attached hydrogens (tertiary/aromatic N) is 1. The predicted octanol–water partition coefficient (Wildman–Crippen LogP) is 0.339. The maximum atomic E-state index is 5.33. The number of hydrogen-bond donors (Lipinski definition) is 0. The molecule has 2 nitrogen and oxygen atoms in total. The largest absolute Gasteiger partial charge is 0.363 e. The molecular weight excluding hydrogens is 126 g/mol. The molecule has 1 saturated heterocycles. The summed E-state index contributed by atoms with van der Waals surface area (Å²) in [6.45, 7) is 3.83. The molecule has 0 aromatic heterocycles. The van der Waals surface area contributed by atoms with Crippen LogP contribution >= 0.6 is 0 Å². The smallest absolute Gasteiger partial charge is 0.133 e. The molecule has 2 atom stereocenters. The van der Waals surface area contributed by atoms with Crippen LogP contribution in [-0.4, -0.2) is 37.2 Å². The van der Waals surface area contributed by atoms with E-state index in [0.29, 0.717) is 6.04 Å². The van der Waals surface area contributed by atoms with Gasteiger partial charge in [0, 0.05) is 12.6 Å². The topological polar surface area (TPSA) is 12.5 Å². The van der Waals surface area contributed by atoms with Crippen molar-refractivity contribution in [3.8, 4) is 12.3 Å². The molecule has 56 valence electrons. The van der Waals surface area contributed by atoms with Crippen LogP contribution in [-0.2, 0) is 4.74 Å². The highest BCUT2D eigenvalue weighted by Gasteiger charge is 2.23. The Morgan fingerprint density at radius 1 is 1.70 bits per heavy atom. The second-order valence-electron chi connectivity index (χ2n) is 2.68. The molecule has 0 aliphatic carbocycles. The summed E-state index contributed by atoms with van der Waals surface area (Å²) < 4.78 is 5.33. The van der Waals surface area contributed by atoms with Crippen LogP contribution in [0.1, 0.15) is 6.92 Å². The van der Waals surface area contributed by atoms with Crippen molar-refractivity contribution in [1.82, 2.24) is 4.90 Å². The molecular formula is C8H13NO. The fourth-order valence-corrected chi connectivity index (χ4v) is 1.09.